The molecular weight excluding hydrogens is 288 g/mol. The number of fused-ring (bicyclic) bond motifs is 7. The van der Waals surface area contributed by atoms with Crippen molar-refractivity contribution < 1.29 is 0 Å². The molecule has 0 heteroatoms. The van der Waals surface area contributed by atoms with Crippen molar-refractivity contribution in [1.82, 2.24) is 0 Å². The smallest absolute Gasteiger partial charge is 0.0215 e. The van der Waals surface area contributed by atoms with Crippen LogP contribution >= 0.6 is 0 Å². The minimum absolute atomic E-state index is 0.268. The molecule has 3 aromatic rings. The summed E-state index contributed by atoms with van der Waals surface area (Å²) in [6, 6.07) is 18.6. The number of hydrogen-bond donors (Lipinski definition) is 0. The van der Waals surface area contributed by atoms with Crippen molar-refractivity contribution in [3.8, 4) is 11.1 Å². The summed E-state index contributed by atoms with van der Waals surface area (Å²) in [6.07, 6.45) is 6.74. The molecule has 0 amide bonds. The summed E-state index contributed by atoms with van der Waals surface area (Å²) in [6.45, 7) is 4.52. The van der Waals surface area contributed by atoms with Crippen LogP contribution in [0.1, 0.15) is 54.4 Å². The summed E-state index contributed by atoms with van der Waals surface area (Å²) >= 11 is 0. The van der Waals surface area contributed by atoms with E-state index in [1.54, 1.807) is 11.1 Å². The molecule has 1 spiro atoms. The molecule has 0 nitrogen and oxygen atoms in total. The molecule has 0 saturated heterocycles. The molecule has 0 aliphatic heterocycles. The van der Waals surface area contributed by atoms with Crippen LogP contribution in [0.2, 0.25) is 0 Å². The van der Waals surface area contributed by atoms with E-state index in [0.29, 0.717) is 0 Å². The highest BCUT2D eigenvalue weighted by Crippen LogP contribution is 2.57. The highest BCUT2D eigenvalue weighted by atomic mass is 14.5. The van der Waals surface area contributed by atoms with Crippen molar-refractivity contribution >= 4 is 10.8 Å². The van der Waals surface area contributed by atoms with Crippen LogP contribution in [0.25, 0.3) is 21.9 Å². The molecule has 0 N–H and O–H groups in total. The molecule has 1 saturated carbocycles. The van der Waals surface area contributed by atoms with Gasteiger partial charge in [-0.1, -0.05) is 73.4 Å². The molecule has 2 aliphatic rings. The van der Waals surface area contributed by atoms with Gasteiger partial charge in [-0.3, -0.25) is 0 Å². The predicted molar refractivity (Wildman–Crippen MR) is 103 cm³/mol. The summed E-state index contributed by atoms with van der Waals surface area (Å²) in [5.41, 5.74) is 9.32. The van der Waals surface area contributed by atoms with Crippen molar-refractivity contribution in [3.63, 3.8) is 0 Å². The molecule has 3 aromatic carbocycles. The van der Waals surface area contributed by atoms with Crippen LogP contribution in [0.3, 0.4) is 0 Å². The predicted octanol–water partition coefficient (Wildman–Crippen LogP) is 6.69. The van der Waals surface area contributed by atoms with Crippen LogP contribution in [0, 0.1) is 13.8 Å². The van der Waals surface area contributed by atoms with E-state index in [4.69, 9.17) is 0 Å². The van der Waals surface area contributed by atoms with Crippen molar-refractivity contribution in [2.24, 2.45) is 0 Å². The second-order valence-corrected chi connectivity index (χ2v) is 7.85. The second-order valence-electron chi connectivity index (χ2n) is 7.85. The summed E-state index contributed by atoms with van der Waals surface area (Å²) in [5.74, 6) is 0. The van der Waals surface area contributed by atoms with Gasteiger partial charge in [-0.25, -0.2) is 0 Å². The Morgan fingerprint density at radius 1 is 0.750 bits per heavy atom. The fourth-order valence-electron chi connectivity index (χ4n) is 5.34. The zero-order valence-corrected chi connectivity index (χ0v) is 14.7. The van der Waals surface area contributed by atoms with E-state index in [9.17, 15) is 0 Å². The van der Waals surface area contributed by atoms with Crippen molar-refractivity contribution in [2.75, 3.05) is 0 Å². The topological polar surface area (TPSA) is 0 Å². The Kier molecular flexibility index (Phi) is 2.95. The fourth-order valence-corrected chi connectivity index (χ4v) is 5.34. The fraction of sp³-hybridized carbons (Fsp3) is 0.333. The normalized spacial score (nSPS) is 17.9. The SMILES string of the molecule is Cc1ccc2c(c1)C1(CCCCC1)c1cc(C)c3ccccc3c1-2. The molecule has 5 rings (SSSR count). The monoisotopic (exact) mass is 312 g/mol. The summed E-state index contributed by atoms with van der Waals surface area (Å²) in [7, 11) is 0. The third kappa shape index (κ3) is 1.75. The third-order valence-corrected chi connectivity index (χ3v) is 6.43. The van der Waals surface area contributed by atoms with Crippen LogP contribution in [0.15, 0.2) is 48.5 Å². The maximum atomic E-state index is 2.51. The van der Waals surface area contributed by atoms with Gasteiger partial charge in [0, 0.05) is 5.41 Å². The average Bonchev–Trinajstić information content (AvgIpc) is 2.86. The minimum atomic E-state index is 0.268. The molecule has 24 heavy (non-hydrogen) atoms. The maximum absolute atomic E-state index is 2.51. The Balaban J connectivity index is 1.94. The quantitative estimate of drug-likeness (QED) is 0.434. The van der Waals surface area contributed by atoms with Crippen LogP contribution in [-0.2, 0) is 5.41 Å². The van der Waals surface area contributed by atoms with Gasteiger partial charge in [0.1, 0.15) is 0 Å². The van der Waals surface area contributed by atoms with E-state index in [-0.39, 0.29) is 5.41 Å². The van der Waals surface area contributed by atoms with Crippen molar-refractivity contribution in [3.05, 3.63) is 70.8 Å². The Labute approximate surface area is 144 Å². The average molecular weight is 312 g/mol. The van der Waals surface area contributed by atoms with Gasteiger partial charge in [0.15, 0.2) is 0 Å². The first-order chi connectivity index (χ1) is 11.7. The van der Waals surface area contributed by atoms with Crippen LogP contribution in [-0.4, -0.2) is 0 Å². The lowest BCUT2D eigenvalue weighted by Gasteiger charge is -2.36. The van der Waals surface area contributed by atoms with E-state index in [1.165, 1.54) is 65.1 Å². The van der Waals surface area contributed by atoms with Gasteiger partial charge in [-0.05, 0) is 65.3 Å². The first-order valence-corrected chi connectivity index (χ1v) is 9.35. The van der Waals surface area contributed by atoms with Gasteiger partial charge in [-0.2, -0.15) is 0 Å². The Morgan fingerprint density at radius 3 is 2.29 bits per heavy atom. The lowest BCUT2D eigenvalue weighted by Crippen LogP contribution is -2.28. The number of aryl methyl sites for hydroxylation is 2. The molecule has 0 atom stereocenters. The molecule has 0 radical (unpaired) electrons. The number of hydrogen-bond acceptors (Lipinski definition) is 0. The molecule has 0 unspecified atom stereocenters. The zero-order valence-electron chi connectivity index (χ0n) is 14.7. The molecule has 120 valence electrons. The summed E-state index contributed by atoms with van der Waals surface area (Å²) < 4.78 is 0. The molecule has 0 aromatic heterocycles. The van der Waals surface area contributed by atoms with Crippen LogP contribution in [0.5, 0.6) is 0 Å². The van der Waals surface area contributed by atoms with Crippen molar-refractivity contribution in [2.45, 2.75) is 51.4 Å². The highest BCUT2D eigenvalue weighted by Gasteiger charge is 2.44. The van der Waals surface area contributed by atoms with Crippen LogP contribution in [0.4, 0.5) is 0 Å². The molecule has 0 bridgehead atoms. The van der Waals surface area contributed by atoms with E-state index in [2.05, 4.69) is 62.4 Å². The van der Waals surface area contributed by atoms with E-state index >= 15 is 0 Å². The Morgan fingerprint density at radius 2 is 1.50 bits per heavy atom. The Hall–Kier alpha value is -2.08. The lowest BCUT2D eigenvalue weighted by molar-refractivity contribution is 0.352. The molecular formula is C24H24. The van der Waals surface area contributed by atoms with Gasteiger partial charge in [-0.15, -0.1) is 0 Å². The zero-order chi connectivity index (χ0) is 16.3. The first-order valence-electron chi connectivity index (χ1n) is 9.35. The summed E-state index contributed by atoms with van der Waals surface area (Å²) in [5, 5.41) is 2.86. The maximum Gasteiger partial charge on any atom is 0.0215 e. The van der Waals surface area contributed by atoms with Gasteiger partial charge < -0.3 is 0 Å². The van der Waals surface area contributed by atoms with Gasteiger partial charge >= 0.3 is 0 Å². The number of rotatable bonds is 0. The molecule has 2 aliphatic carbocycles. The minimum Gasteiger partial charge on any atom is -0.0616 e. The molecule has 0 heterocycles. The van der Waals surface area contributed by atoms with Crippen molar-refractivity contribution in [1.29, 1.82) is 0 Å². The largest absolute Gasteiger partial charge is 0.0616 e. The van der Waals surface area contributed by atoms with E-state index in [1.807, 2.05) is 0 Å². The van der Waals surface area contributed by atoms with Gasteiger partial charge in [0.25, 0.3) is 0 Å². The highest BCUT2D eigenvalue weighted by molar-refractivity contribution is 6.04. The number of benzene rings is 3. The van der Waals surface area contributed by atoms with E-state index in [0.717, 1.165) is 0 Å². The van der Waals surface area contributed by atoms with Gasteiger partial charge in [0.05, 0.1) is 0 Å². The van der Waals surface area contributed by atoms with E-state index < -0.39 is 0 Å². The lowest BCUT2D eigenvalue weighted by atomic mass is 9.67. The van der Waals surface area contributed by atoms with Crippen LogP contribution < -0.4 is 0 Å². The standard InChI is InChI=1S/C24H24/c1-16-10-11-20-21(14-16)24(12-6-3-7-13-24)22-15-17(2)18-8-4-5-9-19(18)23(20)22/h4-5,8-11,14-15H,3,6-7,12-13H2,1-2H3. The third-order valence-electron chi connectivity index (χ3n) is 6.43. The molecule has 1 fully saturated rings. The second kappa shape index (κ2) is 4.96. The van der Waals surface area contributed by atoms with Gasteiger partial charge in [0.2, 0.25) is 0 Å². The summed E-state index contributed by atoms with van der Waals surface area (Å²) in [4.78, 5) is 0. The first kappa shape index (κ1) is 14.3. The Bertz CT molecular complexity index is 955.